The summed E-state index contributed by atoms with van der Waals surface area (Å²) < 4.78 is 40.8. The number of fused-ring (bicyclic) bond motifs is 1. The molecule has 0 amide bonds. The zero-order chi connectivity index (χ0) is 15.0. The van der Waals surface area contributed by atoms with Crippen molar-refractivity contribution in [3.63, 3.8) is 0 Å². The van der Waals surface area contributed by atoms with Gasteiger partial charge in [0.05, 0.1) is 5.69 Å². The zero-order valence-corrected chi connectivity index (χ0v) is 12.3. The molecule has 0 saturated heterocycles. The number of hydrogen-bond acceptors (Lipinski definition) is 2. The SMILES string of the molecule is CC1CC(C(F)(F)F)n2nc(C3CCCCCC3)cc2N1. The van der Waals surface area contributed by atoms with Crippen LogP contribution in [0.2, 0.25) is 0 Å². The summed E-state index contributed by atoms with van der Waals surface area (Å²) in [7, 11) is 0. The lowest BCUT2D eigenvalue weighted by molar-refractivity contribution is -0.173. The molecule has 0 aromatic carbocycles. The monoisotopic (exact) mass is 301 g/mol. The maximum absolute atomic E-state index is 13.2. The number of alkyl halides is 3. The van der Waals surface area contributed by atoms with Crippen LogP contribution in [0.25, 0.3) is 0 Å². The first-order valence-corrected chi connectivity index (χ1v) is 7.88. The van der Waals surface area contributed by atoms with Crippen LogP contribution in [-0.4, -0.2) is 22.0 Å². The summed E-state index contributed by atoms with van der Waals surface area (Å²) in [6, 6.07) is 0.163. The summed E-state index contributed by atoms with van der Waals surface area (Å²) in [5.74, 6) is 0.840. The Labute approximate surface area is 122 Å². The van der Waals surface area contributed by atoms with Gasteiger partial charge in [-0.05, 0) is 26.2 Å². The number of anilines is 1. The second-order valence-corrected chi connectivity index (χ2v) is 6.43. The molecular formula is C15H22F3N3. The van der Waals surface area contributed by atoms with E-state index in [2.05, 4.69) is 10.4 Å². The molecule has 6 heteroatoms. The third-order valence-electron chi connectivity index (χ3n) is 4.67. The zero-order valence-electron chi connectivity index (χ0n) is 12.3. The Hall–Kier alpha value is -1.20. The van der Waals surface area contributed by atoms with Crippen molar-refractivity contribution in [3.8, 4) is 0 Å². The molecule has 0 radical (unpaired) electrons. The molecule has 1 aromatic heterocycles. The minimum atomic E-state index is -4.24. The van der Waals surface area contributed by atoms with Crippen molar-refractivity contribution in [1.29, 1.82) is 0 Å². The minimum absolute atomic E-state index is 0.0439. The highest BCUT2D eigenvalue weighted by Gasteiger charge is 2.45. The Kier molecular flexibility index (Phi) is 3.88. The van der Waals surface area contributed by atoms with Crippen LogP contribution in [0.1, 0.15) is 69.5 Å². The highest BCUT2D eigenvalue weighted by Crippen LogP contribution is 2.41. The van der Waals surface area contributed by atoms with E-state index in [-0.39, 0.29) is 12.5 Å². The number of rotatable bonds is 1. The van der Waals surface area contributed by atoms with Gasteiger partial charge in [-0.25, -0.2) is 4.68 Å². The maximum atomic E-state index is 13.2. The van der Waals surface area contributed by atoms with Gasteiger partial charge in [0.1, 0.15) is 5.82 Å². The van der Waals surface area contributed by atoms with Crippen molar-refractivity contribution in [1.82, 2.24) is 9.78 Å². The lowest BCUT2D eigenvalue weighted by Crippen LogP contribution is -2.37. The molecule has 2 heterocycles. The maximum Gasteiger partial charge on any atom is 0.410 e. The Balaban J connectivity index is 1.89. The van der Waals surface area contributed by atoms with E-state index < -0.39 is 12.2 Å². The molecule has 3 rings (SSSR count). The van der Waals surface area contributed by atoms with Crippen LogP contribution in [0.5, 0.6) is 0 Å². The van der Waals surface area contributed by atoms with E-state index in [1.807, 2.05) is 6.07 Å². The first-order valence-electron chi connectivity index (χ1n) is 7.88. The molecule has 2 unspecified atom stereocenters. The van der Waals surface area contributed by atoms with E-state index in [1.165, 1.54) is 17.5 Å². The number of hydrogen-bond donors (Lipinski definition) is 1. The predicted octanol–water partition coefficient (Wildman–Crippen LogP) is 4.63. The van der Waals surface area contributed by atoms with Crippen LogP contribution in [0.3, 0.4) is 0 Å². The van der Waals surface area contributed by atoms with Gasteiger partial charge in [0, 0.05) is 18.0 Å². The van der Waals surface area contributed by atoms with Gasteiger partial charge in [-0.3, -0.25) is 0 Å². The summed E-state index contributed by atoms with van der Waals surface area (Å²) >= 11 is 0. The average Bonchev–Trinajstić information content (AvgIpc) is 2.64. The Bertz CT molecular complexity index is 487. The van der Waals surface area contributed by atoms with E-state index in [0.717, 1.165) is 31.4 Å². The number of halogens is 3. The summed E-state index contributed by atoms with van der Waals surface area (Å²) in [4.78, 5) is 0. The molecular weight excluding hydrogens is 279 g/mol. The molecule has 21 heavy (non-hydrogen) atoms. The van der Waals surface area contributed by atoms with Crippen LogP contribution >= 0.6 is 0 Å². The molecule has 118 valence electrons. The summed E-state index contributed by atoms with van der Waals surface area (Å²) in [6.45, 7) is 1.79. The van der Waals surface area contributed by atoms with E-state index in [4.69, 9.17) is 0 Å². The van der Waals surface area contributed by atoms with E-state index in [0.29, 0.717) is 11.7 Å². The topological polar surface area (TPSA) is 29.9 Å². The molecule has 0 bridgehead atoms. The minimum Gasteiger partial charge on any atom is -0.368 e. The van der Waals surface area contributed by atoms with Gasteiger partial charge in [-0.15, -0.1) is 0 Å². The highest BCUT2D eigenvalue weighted by molar-refractivity contribution is 5.41. The molecule has 1 aromatic rings. The van der Waals surface area contributed by atoms with Gasteiger partial charge in [-0.2, -0.15) is 18.3 Å². The van der Waals surface area contributed by atoms with Crippen molar-refractivity contribution in [2.24, 2.45) is 0 Å². The summed E-state index contributed by atoms with van der Waals surface area (Å²) in [5, 5.41) is 7.47. The van der Waals surface area contributed by atoms with Gasteiger partial charge >= 0.3 is 6.18 Å². The van der Waals surface area contributed by atoms with Crippen LogP contribution < -0.4 is 5.32 Å². The molecule has 2 aliphatic rings. The van der Waals surface area contributed by atoms with Gasteiger partial charge in [0.25, 0.3) is 0 Å². The van der Waals surface area contributed by atoms with Crippen molar-refractivity contribution in [3.05, 3.63) is 11.8 Å². The first kappa shape index (κ1) is 14.7. The molecule has 0 spiro atoms. The third kappa shape index (κ3) is 3.04. The fraction of sp³-hybridized carbons (Fsp3) is 0.800. The lowest BCUT2D eigenvalue weighted by atomic mass is 9.97. The van der Waals surface area contributed by atoms with Gasteiger partial charge < -0.3 is 5.32 Å². The van der Waals surface area contributed by atoms with Crippen molar-refractivity contribution in [2.75, 3.05) is 5.32 Å². The summed E-state index contributed by atoms with van der Waals surface area (Å²) in [5.41, 5.74) is 0.836. The second kappa shape index (κ2) is 5.54. The van der Waals surface area contributed by atoms with Crippen molar-refractivity contribution >= 4 is 5.82 Å². The predicted molar refractivity (Wildman–Crippen MR) is 75.5 cm³/mol. The number of nitrogens with one attached hydrogen (secondary N) is 1. The highest BCUT2D eigenvalue weighted by atomic mass is 19.4. The van der Waals surface area contributed by atoms with E-state index in [1.54, 1.807) is 6.92 Å². The van der Waals surface area contributed by atoms with Crippen LogP contribution in [0.15, 0.2) is 6.07 Å². The van der Waals surface area contributed by atoms with Crippen LogP contribution in [-0.2, 0) is 0 Å². The Morgan fingerprint density at radius 3 is 2.48 bits per heavy atom. The fourth-order valence-electron chi connectivity index (χ4n) is 3.55. The largest absolute Gasteiger partial charge is 0.410 e. The smallest absolute Gasteiger partial charge is 0.368 e. The van der Waals surface area contributed by atoms with E-state index in [9.17, 15) is 13.2 Å². The van der Waals surface area contributed by atoms with Crippen molar-refractivity contribution < 1.29 is 13.2 Å². The van der Waals surface area contributed by atoms with Crippen molar-refractivity contribution in [2.45, 2.75) is 76.0 Å². The van der Waals surface area contributed by atoms with Gasteiger partial charge in [-0.1, -0.05) is 25.7 Å². The molecule has 1 aliphatic heterocycles. The van der Waals surface area contributed by atoms with Gasteiger partial charge in [0.15, 0.2) is 6.04 Å². The lowest BCUT2D eigenvalue weighted by Gasteiger charge is -2.31. The van der Waals surface area contributed by atoms with E-state index >= 15 is 0 Å². The first-order chi connectivity index (χ1) is 9.95. The third-order valence-corrected chi connectivity index (χ3v) is 4.67. The molecule has 1 fully saturated rings. The number of aromatic nitrogens is 2. The van der Waals surface area contributed by atoms with Crippen LogP contribution in [0, 0.1) is 0 Å². The average molecular weight is 301 g/mol. The number of nitrogens with zero attached hydrogens (tertiary/aromatic N) is 2. The quantitative estimate of drug-likeness (QED) is 0.767. The molecule has 2 atom stereocenters. The molecule has 1 saturated carbocycles. The Morgan fingerprint density at radius 2 is 1.86 bits per heavy atom. The normalized spacial score (nSPS) is 27.8. The second-order valence-electron chi connectivity index (χ2n) is 6.43. The standard InChI is InChI=1S/C15H22F3N3/c1-10-8-13(15(16,17)18)21-14(19-10)9-12(20-21)11-6-4-2-3-5-7-11/h9-11,13,19H,2-8H2,1H3. The summed E-state index contributed by atoms with van der Waals surface area (Å²) in [6.07, 6.45) is 2.65. The van der Waals surface area contributed by atoms with Gasteiger partial charge in [0.2, 0.25) is 0 Å². The molecule has 1 N–H and O–H groups in total. The van der Waals surface area contributed by atoms with Crippen LogP contribution in [0.4, 0.5) is 19.0 Å². The Morgan fingerprint density at radius 1 is 1.19 bits per heavy atom. The molecule has 1 aliphatic carbocycles. The fourth-order valence-corrected chi connectivity index (χ4v) is 3.55. The molecule has 3 nitrogen and oxygen atoms in total.